The van der Waals surface area contributed by atoms with Gasteiger partial charge in [-0.3, -0.25) is 4.79 Å². The van der Waals surface area contributed by atoms with Crippen LogP contribution in [-0.2, 0) is 10.0 Å². The number of β-amino-alcohol motifs (C(OH)–C–C–N with tert-alkyl or cyclic N) is 1. The summed E-state index contributed by atoms with van der Waals surface area (Å²) in [6.45, 7) is 3.09. The number of amides is 1. The van der Waals surface area contributed by atoms with Gasteiger partial charge in [-0.2, -0.15) is 4.31 Å². The summed E-state index contributed by atoms with van der Waals surface area (Å²) >= 11 is 0. The molecule has 1 aliphatic rings. The molecular weight excluding hydrogens is 452 g/mol. The van der Waals surface area contributed by atoms with Crippen molar-refractivity contribution >= 4 is 21.6 Å². The van der Waals surface area contributed by atoms with Crippen LogP contribution < -0.4 is 5.32 Å². The van der Waals surface area contributed by atoms with E-state index in [0.717, 1.165) is 22.5 Å². The van der Waals surface area contributed by atoms with E-state index in [1.54, 1.807) is 13.8 Å². The van der Waals surface area contributed by atoms with Gasteiger partial charge in [-0.25, -0.2) is 26.0 Å². The smallest absolute Gasteiger partial charge is 0.255 e. The molecule has 1 heterocycles. The second-order valence-electron chi connectivity index (χ2n) is 8.25. The fraction of sp³-hybridized carbons (Fsp3) is 0.381. The van der Waals surface area contributed by atoms with Crippen LogP contribution in [0.2, 0.25) is 0 Å². The van der Waals surface area contributed by atoms with Crippen molar-refractivity contribution < 1.29 is 35.9 Å². The maximum atomic E-state index is 14.6. The first kappa shape index (κ1) is 24.1. The number of halogens is 4. The van der Waals surface area contributed by atoms with Crippen molar-refractivity contribution in [2.45, 2.75) is 49.6 Å². The summed E-state index contributed by atoms with van der Waals surface area (Å²) in [5.41, 5.74) is -1.62. The summed E-state index contributed by atoms with van der Waals surface area (Å²) in [5, 5.41) is 12.2. The van der Waals surface area contributed by atoms with Crippen molar-refractivity contribution in [1.29, 1.82) is 0 Å². The maximum Gasteiger partial charge on any atom is 0.255 e. The lowest BCUT2D eigenvalue weighted by atomic mass is 9.99. The fourth-order valence-electron chi connectivity index (χ4n) is 3.64. The molecule has 6 nitrogen and oxygen atoms in total. The van der Waals surface area contributed by atoms with Crippen molar-refractivity contribution in [3.63, 3.8) is 0 Å². The number of hydrogen-bond donors (Lipinski definition) is 2. The van der Waals surface area contributed by atoms with E-state index < -0.39 is 61.4 Å². The van der Waals surface area contributed by atoms with Crippen molar-refractivity contribution in [3.8, 4) is 0 Å². The number of nitrogens with one attached hydrogen (secondary N) is 1. The Bertz CT molecular complexity index is 1130. The molecule has 2 aromatic carbocycles. The van der Waals surface area contributed by atoms with Crippen LogP contribution in [0, 0.1) is 23.3 Å². The predicted octanol–water partition coefficient (Wildman–Crippen LogP) is 3.81. The third-order valence-electron chi connectivity index (χ3n) is 5.38. The van der Waals surface area contributed by atoms with Gasteiger partial charge >= 0.3 is 0 Å². The number of anilines is 1. The molecule has 0 radical (unpaired) electrons. The Labute approximate surface area is 182 Å². The molecule has 0 aliphatic carbocycles. The highest BCUT2D eigenvalue weighted by Crippen LogP contribution is 2.33. The van der Waals surface area contributed by atoms with E-state index in [4.69, 9.17) is 0 Å². The van der Waals surface area contributed by atoms with Gasteiger partial charge < -0.3 is 10.4 Å². The first-order valence-corrected chi connectivity index (χ1v) is 11.2. The van der Waals surface area contributed by atoms with E-state index in [0.29, 0.717) is 31.4 Å². The molecule has 1 atom stereocenters. The summed E-state index contributed by atoms with van der Waals surface area (Å²) in [7, 11) is -4.46. The molecule has 2 N–H and O–H groups in total. The summed E-state index contributed by atoms with van der Waals surface area (Å²) in [6.07, 6.45) is 0.484. The van der Waals surface area contributed by atoms with Gasteiger partial charge in [0.15, 0.2) is 17.5 Å². The Morgan fingerprint density at radius 2 is 1.72 bits per heavy atom. The van der Waals surface area contributed by atoms with Crippen LogP contribution in [0.15, 0.2) is 35.2 Å². The molecule has 32 heavy (non-hydrogen) atoms. The SMILES string of the molecule is CC1(C)CCCC(O)CN1S(=O)(=O)c1cc(C(=O)Nc2cc(F)c(F)c(F)c2)ccc1F. The monoisotopic (exact) mass is 474 g/mol. The van der Waals surface area contributed by atoms with E-state index >= 15 is 0 Å². The van der Waals surface area contributed by atoms with E-state index in [1.807, 2.05) is 0 Å². The standard InChI is InChI=1S/C21H22F4N2O4S/c1-21(2)7-3-4-14(28)11-27(21)32(30,31)18-8-12(5-6-15(18)22)20(29)26-13-9-16(23)19(25)17(24)10-13/h5-6,8-10,14,28H,3-4,7,11H2,1-2H3,(H,26,29). The predicted molar refractivity (Wildman–Crippen MR) is 108 cm³/mol. The molecule has 11 heteroatoms. The molecule has 0 saturated carbocycles. The van der Waals surface area contributed by atoms with Gasteiger partial charge in [-0.15, -0.1) is 0 Å². The first-order chi connectivity index (χ1) is 14.8. The second kappa shape index (κ2) is 8.80. The Hall–Kier alpha value is -2.50. The first-order valence-electron chi connectivity index (χ1n) is 9.79. The van der Waals surface area contributed by atoms with Gasteiger partial charge in [-0.1, -0.05) is 0 Å². The zero-order chi connectivity index (χ0) is 23.8. The lowest BCUT2D eigenvalue weighted by Gasteiger charge is -2.36. The van der Waals surface area contributed by atoms with Gasteiger partial charge in [0.25, 0.3) is 5.91 Å². The quantitative estimate of drug-likeness (QED) is 0.521. The normalized spacial score (nSPS) is 19.4. The highest BCUT2D eigenvalue weighted by Gasteiger charge is 2.41. The zero-order valence-electron chi connectivity index (χ0n) is 17.3. The molecule has 1 saturated heterocycles. The number of sulfonamides is 1. The number of benzene rings is 2. The molecule has 0 bridgehead atoms. The molecule has 0 spiro atoms. The van der Waals surface area contributed by atoms with Crippen LogP contribution in [0.1, 0.15) is 43.5 Å². The summed E-state index contributed by atoms with van der Waals surface area (Å²) in [6, 6.07) is 3.71. The van der Waals surface area contributed by atoms with Gasteiger partial charge in [0.1, 0.15) is 10.7 Å². The molecule has 1 aliphatic heterocycles. The van der Waals surface area contributed by atoms with Crippen molar-refractivity contribution in [3.05, 3.63) is 59.2 Å². The molecule has 0 aromatic heterocycles. The number of aliphatic hydroxyl groups is 1. The minimum Gasteiger partial charge on any atom is -0.392 e. The highest BCUT2D eigenvalue weighted by atomic mass is 32.2. The summed E-state index contributed by atoms with van der Waals surface area (Å²) in [4.78, 5) is 11.7. The second-order valence-corrected chi connectivity index (χ2v) is 10.1. The number of hydrogen-bond acceptors (Lipinski definition) is 4. The van der Waals surface area contributed by atoms with E-state index in [2.05, 4.69) is 5.32 Å². The highest BCUT2D eigenvalue weighted by molar-refractivity contribution is 7.89. The van der Waals surface area contributed by atoms with Crippen LogP contribution in [-0.4, -0.2) is 41.9 Å². The van der Waals surface area contributed by atoms with Crippen LogP contribution in [0.25, 0.3) is 0 Å². The lowest BCUT2D eigenvalue weighted by Crippen LogP contribution is -2.49. The van der Waals surface area contributed by atoms with Crippen LogP contribution >= 0.6 is 0 Å². The molecule has 3 rings (SSSR count). The third-order valence-corrected chi connectivity index (χ3v) is 7.47. The largest absolute Gasteiger partial charge is 0.392 e. The number of carbonyl (C=O) groups excluding carboxylic acids is 1. The molecular formula is C21H22F4N2O4S. The Balaban J connectivity index is 1.96. The summed E-state index contributed by atoms with van der Waals surface area (Å²) in [5.74, 6) is -6.84. The number of nitrogens with zero attached hydrogens (tertiary/aromatic N) is 1. The average Bonchev–Trinajstić information content (AvgIpc) is 2.83. The Morgan fingerprint density at radius 1 is 1.09 bits per heavy atom. The number of rotatable bonds is 4. The van der Waals surface area contributed by atoms with Gasteiger partial charge in [-0.05, 0) is 51.3 Å². The number of carbonyl (C=O) groups is 1. The lowest BCUT2D eigenvalue weighted by molar-refractivity contribution is 0.102. The van der Waals surface area contributed by atoms with Crippen molar-refractivity contribution in [2.75, 3.05) is 11.9 Å². The Kier molecular flexibility index (Phi) is 6.64. The molecule has 1 fully saturated rings. The van der Waals surface area contributed by atoms with Gasteiger partial charge in [0, 0.05) is 35.5 Å². The van der Waals surface area contributed by atoms with Crippen LogP contribution in [0.4, 0.5) is 23.2 Å². The third kappa shape index (κ3) is 4.79. The molecule has 2 aromatic rings. The molecule has 174 valence electrons. The van der Waals surface area contributed by atoms with E-state index in [9.17, 15) is 35.9 Å². The topological polar surface area (TPSA) is 86.7 Å². The van der Waals surface area contributed by atoms with Crippen molar-refractivity contribution in [1.82, 2.24) is 4.31 Å². The van der Waals surface area contributed by atoms with Crippen molar-refractivity contribution in [2.24, 2.45) is 0 Å². The van der Waals surface area contributed by atoms with Gasteiger partial charge in [0.05, 0.1) is 6.10 Å². The maximum absolute atomic E-state index is 14.6. The Morgan fingerprint density at radius 3 is 2.34 bits per heavy atom. The minimum atomic E-state index is -4.46. The summed E-state index contributed by atoms with van der Waals surface area (Å²) < 4.78 is 82.0. The fourth-order valence-corrected chi connectivity index (χ4v) is 5.58. The van der Waals surface area contributed by atoms with Crippen LogP contribution in [0.3, 0.4) is 0 Å². The molecule has 1 unspecified atom stereocenters. The molecule has 1 amide bonds. The van der Waals surface area contributed by atoms with E-state index in [1.165, 1.54) is 0 Å². The number of aliphatic hydroxyl groups excluding tert-OH is 1. The minimum absolute atomic E-state index is 0.237. The van der Waals surface area contributed by atoms with Crippen LogP contribution in [0.5, 0.6) is 0 Å². The zero-order valence-corrected chi connectivity index (χ0v) is 18.1. The van der Waals surface area contributed by atoms with Gasteiger partial charge in [0.2, 0.25) is 10.0 Å². The van der Waals surface area contributed by atoms with E-state index in [-0.39, 0.29) is 12.1 Å². The average molecular weight is 474 g/mol.